The molecule has 2 unspecified atom stereocenters. The molecule has 2 bridgehead atoms. The number of fused-ring (bicyclic) bond motifs is 3. The molecule has 20 heavy (non-hydrogen) atoms. The van der Waals surface area contributed by atoms with Crippen LogP contribution in [0.25, 0.3) is 10.3 Å². The van der Waals surface area contributed by atoms with Gasteiger partial charge in [-0.2, -0.15) is 0 Å². The summed E-state index contributed by atoms with van der Waals surface area (Å²) in [4.78, 5) is 12.6. The smallest absolute Gasteiger partial charge is 0.187 e. The molecule has 0 aliphatic carbocycles. The van der Waals surface area contributed by atoms with Gasteiger partial charge in [-0.05, 0) is 37.8 Å². The van der Waals surface area contributed by atoms with Gasteiger partial charge in [-0.3, -0.25) is 0 Å². The van der Waals surface area contributed by atoms with Crippen molar-refractivity contribution in [2.75, 3.05) is 11.9 Å². The molecule has 0 spiro atoms. The third kappa shape index (κ3) is 2.19. The van der Waals surface area contributed by atoms with Gasteiger partial charge in [-0.15, -0.1) is 0 Å². The molecule has 2 atom stereocenters. The lowest BCUT2D eigenvalue weighted by molar-refractivity contribution is 0.219. The summed E-state index contributed by atoms with van der Waals surface area (Å²) in [5, 5.41) is 4.87. The predicted octanol–water partition coefficient (Wildman–Crippen LogP) is 2.80. The van der Waals surface area contributed by atoms with Crippen LogP contribution in [0.5, 0.6) is 0 Å². The Morgan fingerprint density at radius 3 is 2.85 bits per heavy atom. The zero-order chi connectivity index (χ0) is 13.5. The molecule has 5 heteroatoms. The van der Waals surface area contributed by atoms with E-state index in [4.69, 9.17) is 4.98 Å². The van der Waals surface area contributed by atoms with Crippen molar-refractivity contribution < 1.29 is 0 Å². The van der Waals surface area contributed by atoms with Gasteiger partial charge >= 0.3 is 0 Å². The number of hydrogen-bond acceptors (Lipinski definition) is 5. The van der Waals surface area contributed by atoms with Gasteiger partial charge in [-0.1, -0.05) is 17.8 Å². The Labute approximate surface area is 123 Å². The molecule has 0 amide bonds. The fraction of sp³-hybridized carbons (Fsp3) is 0.600. The predicted molar refractivity (Wildman–Crippen MR) is 83.4 cm³/mol. The Morgan fingerprint density at radius 2 is 2.10 bits per heavy atom. The van der Waals surface area contributed by atoms with Crippen LogP contribution in [-0.4, -0.2) is 35.1 Å². The molecule has 2 aliphatic heterocycles. The number of pyridine rings is 1. The third-order valence-electron chi connectivity index (χ3n) is 4.69. The van der Waals surface area contributed by atoms with Gasteiger partial charge in [0.1, 0.15) is 10.3 Å². The molecule has 0 saturated carbocycles. The van der Waals surface area contributed by atoms with Gasteiger partial charge in [0.25, 0.3) is 0 Å². The minimum Gasteiger partial charge on any atom is -0.348 e. The average molecular weight is 288 g/mol. The minimum absolute atomic E-state index is 0.618. The Kier molecular flexibility index (Phi) is 3.11. The van der Waals surface area contributed by atoms with Crippen LogP contribution in [-0.2, 0) is 0 Å². The summed E-state index contributed by atoms with van der Waals surface area (Å²) in [7, 11) is 2.20. The number of nitrogens with zero attached hydrogens (tertiary/aromatic N) is 3. The fourth-order valence-electron chi connectivity index (χ4n) is 3.62. The number of rotatable bonds is 2. The van der Waals surface area contributed by atoms with Crippen molar-refractivity contribution in [3.63, 3.8) is 0 Å². The van der Waals surface area contributed by atoms with E-state index in [9.17, 15) is 0 Å². The highest BCUT2D eigenvalue weighted by molar-refractivity contribution is 7.21. The van der Waals surface area contributed by atoms with Crippen LogP contribution in [0.3, 0.4) is 0 Å². The fourth-order valence-corrected chi connectivity index (χ4v) is 4.56. The SMILES string of the molecule is CN(c1nc2cccnc2s1)C1CC2CCCC(C1)N2. The van der Waals surface area contributed by atoms with Crippen molar-refractivity contribution in [2.24, 2.45) is 0 Å². The van der Waals surface area contributed by atoms with Gasteiger partial charge in [0, 0.05) is 31.4 Å². The van der Waals surface area contributed by atoms with Gasteiger partial charge < -0.3 is 10.2 Å². The van der Waals surface area contributed by atoms with E-state index in [0.29, 0.717) is 18.1 Å². The van der Waals surface area contributed by atoms with Crippen LogP contribution in [0.2, 0.25) is 0 Å². The maximum Gasteiger partial charge on any atom is 0.187 e. The highest BCUT2D eigenvalue weighted by Gasteiger charge is 2.33. The van der Waals surface area contributed by atoms with E-state index in [1.165, 1.54) is 32.1 Å². The number of piperidine rings is 2. The molecule has 2 aromatic rings. The van der Waals surface area contributed by atoms with E-state index in [-0.39, 0.29) is 0 Å². The first-order valence-electron chi connectivity index (χ1n) is 7.50. The van der Waals surface area contributed by atoms with Crippen molar-refractivity contribution in [3.8, 4) is 0 Å². The summed E-state index contributed by atoms with van der Waals surface area (Å²) in [6.07, 6.45) is 8.40. The molecule has 0 radical (unpaired) electrons. The molecular weight excluding hydrogens is 268 g/mol. The lowest BCUT2D eigenvalue weighted by atomic mass is 9.83. The first-order valence-corrected chi connectivity index (χ1v) is 8.31. The quantitative estimate of drug-likeness (QED) is 0.922. The molecule has 2 aromatic heterocycles. The summed E-state index contributed by atoms with van der Waals surface area (Å²) in [6, 6.07) is 6.05. The van der Waals surface area contributed by atoms with E-state index in [1.807, 2.05) is 18.3 Å². The summed E-state index contributed by atoms with van der Waals surface area (Å²) in [6.45, 7) is 0. The summed E-state index contributed by atoms with van der Waals surface area (Å²) in [5.41, 5.74) is 1.02. The van der Waals surface area contributed by atoms with Gasteiger partial charge in [0.2, 0.25) is 0 Å². The number of aromatic nitrogens is 2. The van der Waals surface area contributed by atoms with Crippen LogP contribution < -0.4 is 10.2 Å². The average Bonchev–Trinajstić information content (AvgIpc) is 2.90. The van der Waals surface area contributed by atoms with Crippen molar-refractivity contribution >= 4 is 26.8 Å². The molecule has 4 rings (SSSR count). The van der Waals surface area contributed by atoms with Crippen molar-refractivity contribution in [1.82, 2.24) is 15.3 Å². The molecule has 0 aromatic carbocycles. The third-order valence-corrected chi connectivity index (χ3v) is 5.76. The van der Waals surface area contributed by atoms with E-state index < -0.39 is 0 Å². The zero-order valence-corrected chi connectivity index (χ0v) is 12.6. The molecule has 106 valence electrons. The topological polar surface area (TPSA) is 41.1 Å². The maximum atomic E-state index is 4.74. The molecule has 2 saturated heterocycles. The Balaban J connectivity index is 1.58. The summed E-state index contributed by atoms with van der Waals surface area (Å²) >= 11 is 1.71. The number of hydrogen-bond donors (Lipinski definition) is 1. The number of anilines is 1. The molecule has 1 N–H and O–H groups in total. The lowest BCUT2D eigenvalue weighted by Crippen LogP contribution is -2.54. The van der Waals surface area contributed by atoms with Gasteiger partial charge in [0.15, 0.2) is 5.13 Å². The lowest BCUT2D eigenvalue weighted by Gasteiger charge is -2.43. The highest BCUT2D eigenvalue weighted by Crippen LogP contribution is 2.33. The van der Waals surface area contributed by atoms with Crippen molar-refractivity contribution in [3.05, 3.63) is 18.3 Å². The first-order chi connectivity index (χ1) is 9.79. The largest absolute Gasteiger partial charge is 0.348 e. The molecular formula is C15H20N4S. The molecule has 2 aliphatic rings. The second kappa shape index (κ2) is 4.97. The van der Waals surface area contributed by atoms with Crippen LogP contribution in [0, 0.1) is 0 Å². The zero-order valence-electron chi connectivity index (χ0n) is 11.7. The summed E-state index contributed by atoms with van der Waals surface area (Å²) in [5.74, 6) is 0. The van der Waals surface area contributed by atoms with E-state index in [1.54, 1.807) is 11.3 Å². The van der Waals surface area contributed by atoms with Crippen LogP contribution in [0.4, 0.5) is 5.13 Å². The second-order valence-corrected chi connectivity index (χ2v) is 7.01. The Bertz CT molecular complexity index is 566. The van der Waals surface area contributed by atoms with Crippen molar-refractivity contribution in [2.45, 2.75) is 50.2 Å². The Morgan fingerprint density at radius 1 is 1.30 bits per heavy atom. The van der Waals surface area contributed by atoms with Crippen molar-refractivity contribution in [1.29, 1.82) is 0 Å². The number of nitrogens with one attached hydrogen (secondary N) is 1. The molecule has 4 heterocycles. The second-order valence-electron chi connectivity index (χ2n) is 6.05. The van der Waals surface area contributed by atoms with Gasteiger partial charge in [0.05, 0.1) is 0 Å². The van der Waals surface area contributed by atoms with E-state index in [0.717, 1.165) is 15.5 Å². The van der Waals surface area contributed by atoms with E-state index in [2.05, 4.69) is 22.2 Å². The number of thiazole rings is 1. The molecule has 4 nitrogen and oxygen atoms in total. The maximum absolute atomic E-state index is 4.74. The Hall–Kier alpha value is -1.20. The van der Waals surface area contributed by atoms with Crippen LogP contribution in [0.1, 0.15) is 32.1 Å². The normalized spacial score (nSPS) is 29.6. The monoisotopic (exact) mass is 288 g/mol. The van der Waals surface area contributed by atoms with Crippen LogP contribution >= 0.6 is 11.3 Å². The minimum atomic E-state index is 0.618. The van der Waals surface area contributed by atoms with Gasteiger partial charge in [-0.25, -0.2) is 9.97 Å². The summed E-state index contributed by atoms with van der Waals surface area (Å²) < 4.78 is 0. The van der Waals surface area contributed by atoms with E-state index >= 15 is 0 Å². The highest BCUT2D eigenvalue weighted by atomic mass is 32.1. The molecule has 2 fully saturated rings. The standard InChI is InChI=1S/C15H20N4S/c1-19(12-8-10-4-2-5-11(9-12)17-10)15-18-13-6-3-7-16-14(13)20-15/h3,6-7,10-12,17H,2,4-5,8-9H2,1H3. The first kappa shape index (κ1) is 12.5. The van der Waals surface area contributed by atoms with Crippen LogP contribution in [0.15, 0.2) is 18.3 Å².